The normalized spacial score (nSPS) is 26.1. The van der Waals surface area contributed by atoms with E-state index in [4.69, 9.17) is 0 Å². The van der Waals surface area contributed by atoms with Crippen molar-refractivity contribution in [1.29, 1.82) is 0 Å². The van der Waals surface area contributed by atoms with Crippen LogP contribution in [0.15, 0.2) is 30.3 Å². The molecule has 1 fully saturated rings. The van der Waals surface area contributed by atoms with Crippen LogP contribution < -0.4 is 5.32 Å². The van der Waals surface area contributed by atoms with E-state index in [1.807, 2.05) is 0 Å². The molecule has 1 atom stereocenters. The monoisotopic (exact) mass is 259 g/mol. The van der Waals surface area contributed by atoms with E-state index in [-0.39, 0.29) is 0 Å². The summed E-state index contributed by atoms with van der Waals surface area (Å²) in [5, 5.41) is 3.81. The summed E-state index contributed by atoms with van der Waals surface area (Å²) >= 11 is 0. The van der Waals surface area contributed by atoms with Gasteiger partial charge >= 0.3 is 0 Å². The third-order valence-electron chi connectivity index (χ3n) is 4.74. The fraction of sp³-hybridized carbons (Fsp3) is 0.667. The van der Waals surface area contributed by atoms with Crippen LogP contribution >= 0.6 is 0 Å². The Morgan fingerprint density at radius 3 is 2.11 bits per heavy atom. The molecule has 1 saturated carbocycles. The average Bonchev–Trinajstić information content (AvgIpc) is 2.39. The van der Waals surface area contributed by atoms with Gasteiger partial charge in [-0.25, -0.2) is 0 Å². The lowest BCUT2D eigenvalue weighted by molar-refractivity contribution is 0.157. The Morgan fingerprint density at radius 1 is 1.00 bits per heavy atom. The Balaban J connectivity index is 1.83. The molecule has 0 bridgehead atoms. The fourth-order valence-corrected chi connectivity index (χ4v) is 3.32. The highest BCUT2D eigenvalue weighted by Crippen LogP contribution is 2.38. The first-order valence-corrected chi connectivity index (χ1v) is 7.78. The molecule has 1 aromatic rings. The topological polar surface area (TPSA) is 12.0 Å². The zero-order valence-electron chi connectivity index (χ0n) is 12.9. The van der Waals surface area contributed by atoms with Crippen molar-refractivity contribution < 1.29 is 0 Å². The first-order valence-electron chi connectivity index (χ1n) is 7.78. The van der Waals surface area contributed by atoms with Gasteiger partial charge in [-0.1, -0.05) is 51.1 Å². The molecule has 0 heterocycles. The largest absolute Gasteiger partial charge is 0.307 e. The Morgan fingerprint density at radius 2 is 1.58 bits per heavy atom. The lowest BCUT2D eigenvalue weighted by atomic mass is 9.71. The van der Waals surface area contributed by atoms with E-state index in [0.717, 1.165) is 5.92 Å². The molecule has 1 aliphatic rings. The maximum Gasteiger partial charge on any atom is 0.0294 e. The Labute approximate surface area is 118 Å². The molecular formula is C18H29N. The second-order valence-corrected chi connectivity index (χ2v) is 7.21. The van der Waals surface area contributed by atoms with Gasteiger partial charge in [0.15, 0.2) is 0 Å². The van der Waals surface area contributed by atoms with Crippen molar-refractivity contribution >= 4 is 0 Å². The Hall–Kier alpha value is -0.820. The summed E-state index contributed by atoms with van der Waals surface area (Å²) < 4.78 is 0. The van der Waals surface area contributed by atoms with E-state index in [2.05, 4.69) is 63.3 Å². The second kappa shape index (κ2) is 6.09. The van der Waals surface area contributed by atoms with Crippen LogP contribution in [0.2, 0.25) is 0 Å². The maximum atomic E-state index is 3.81. The average molecular weight is 259 g/mol. The van der Waals surface area contributed by atoms with Gasteiger partial charge in [0.25, 0.3) is 0 Å². The molecule has 1 nitrogen and oxygen atoms in total. The van der Waals surface area contributed by atoms with Crippen LogP contribution in [0.1, 0.15) is 65.0 Å². The lowest BCUT2D eigenvalue weighted by Crippen LogP contribution is -2.37. The van der Waals surface area contributed by atoms with Crippen molar-refractivity contribution in [1.82, 2.24) is 5.32 Å². The summed E-state index contributed by atoms with van der Waals surface area (Å²) in [5.74, 6) is 0.901. The second-order valence-electron chi connectivity index (χ2n) is 7.21. The summed E-state index contributed by atoms with van der Waals surface area (Å²) in [6, 6.07) is 12.0. The minimum absolute atomic E-state index is 0.470. The maximum absolute atomic E-state index is 3.81. The summed E-state index contributed by atoms with van der Waals surface area (Å²) in [6.07, 6.45) is 5.42. The predicted molar refractivity (Wildman–Crippen MR) is 83.2 cm³/mol. The van der Waals surface area contributed by atoms with Crippen LogP contribution in [0.25, 0.3) is 0 Å². The van der Waals surface area contributed by atoms with Crippen molar-refractivity contribution in [3.63, 3.8) is 0 Å². The number of nitrogens with one attached hydrogen (secondary N) is 1. The van der Waals surface area contributed by atoms with Gasteiger partial charge < -0.3 is 5.32 Å². The van der Waals surface area contributed by atoms with Gasteiger partial charge in [-0.3, -0.25) is 0 Å². The molecule has 1 N–H and O–H groups in total. The molecule has 1 aromatic carbocycles. The molecule has 106 valence electrons. The molecule has 0 saturated heterocycles. The molecule has 0 aromatic heterocycles. The molecule has 0 aliphatic heterocycles. The molecular weight excluding hydrogens is 230 g/mol. The predicted octanol–water partition coefficient (Wildman–Crippen LogP) is 4.94. The van der Waals surface area contributed by atoms with Gasteiger partial charge in [0, 0.05) is 12.1 Å². The van der Waals surface area contributed by atoms with E-state index in [9.17, 15) is 0 Å². The summed E-state index contributed by atoms with van der Waals surface area (Å²) in [4.78, 5) is 0. The van der Waals surface area contributed by atoms with Gasteiger partial charge in [0.2, 0.25) is 0 Å². The minimum Gasteiger partial charge on any atom is -0.307 e. The van der Waals surface area contributed by atoms with E-state index >= 15 is 0 Å². The van der Waals surface area contributed by atoms with Crippen LogP contribution in [0.3, 0.4) is 0 Å². The lowest BCUT2D eigenvalue weighted by Gasteiger charge is -2.38. The Bertz CT molecular complexity index is 368. The molecule has 1 aliphatic carbocycles. The highest BCUT2D eigenvalue weighted by Gasteiger charge is 2.29. The number of rotatable bonds is 3. The van der Waals surface area contributed by atoms with E-state index in [0.29, 0.717) is 17.5 Å². The first kappa shape index (κ1) is 14.6. The molecule has 2 rings (SSSR count). The molecule has 0 amide bonds. The van der Waals surface area contributed by atoms with Crippen molar-refractivity contribution in [3.05, 3.63) is 35.9 Å². The van der Waals surface area contributed by atoms with Gasteiger partial charge in [-0.05, 0) is 49.5 Å². The first-order chi connectivity index (χ1) is 8.97. The van der Waals surface area contributed by atoms with Crippen molar-refractivity contribution in [2.45, 2.75) is 65.5 Å². The third kappa shape index (κ3) is 4.07. The number of hydrogen-bond acceptors (Lipinski definition) is 1. The van der Waals surface area contributed by atoms with Crippen LogP contribution in [0.4, 0.5) is 0 Å². The SMILES string of the molecule is C[C@H](NC1CCC(C(C)(C)C)CC1)c1ccccc1. The van der Waals surface area contributed by atoms with Crippen LogP contribution in [-0.2, 0) is 0 Å². The van der Waals surface area contributed by atoms with E-state index in [1.54, 1.807) is 0 Å². The van der Waals surface area contributed by atoms with E-state index < -0.39 is 0 Å². The fourth-order valence-electron chi connectivity index (χ4n) is 3.32. The molecule has 0 spiro atoms. The van der Waals surface area contributed by atoms with Crippen molar-refractivity contribution in [2.24, 2.45) is 11.3 Å². The minimum atomic E-state index is 0.470. The van der Waals surface area contributed by atoms with Crippen LogP contribution in [-0.4, -0.2) is 6.04 Å². The Kier molecular flexibility index (Phi) is 4.67. The summed E-state index contributed by atoms with van der Waals surface area (Å²) in [7, 11) is 0. The third-order valence-corrected chi connectivity index (χ3v) is 4.74. The summed E-state index contributed by atoms with van der Waals surface area (Å²) in [6.45, 7) is 9.44. The van der Waals surface area contributed by atoms with Gasteiger partial charge in [-0.2, -0.15) is 0 Å². The van der Waals surface area contributed by atoms with Crippen LogP contribution in [0.5, 0.6) is 0 Å². The highest BCUT2D eigenvalue weighted by atomic mass is 14.9. The zero-order chi connectivity index (χ0) is 13.9. The van der Waals surface area contributed by atoms with Crippen LogP contribution in [0, 0.1) is 11.3 Å². The van der Waals surface area contributed by atoms with Crippen molar-refractivity contribution in [3.8, 4) is 0 Å². The van der Waals surface area contributed by atoms with E-state index in [1.165, 1.54) is 31.2 Å². The quantitative estimate of drug-likeness (QED) is 0.810. The molecule has 0 unspecified atom stereocenters. The molecule has 0 radical (unpaired) electrons. The van der Waals surface area contributed by atoms with Gasteiger partial charge in [0.05, 0.1) is 0 Å². The number of hydrogen-bond donors (Lipinski definition) is 1. The molecule has 1 heteroatoms. The van der Waals surface area contributed by atoms with Crippen molar-refractivity contribution in [2.75, 3.05) is 0 Å². The van der Waals surface area contributed by atoms with Gasteiger partial charge in [-0.15, -0.1) is 0 Å². The standard InChI is InChI=1S/C18H29N/c1-14(15-8-6-5-7-9-15)19-17-12-10-16(11-13-17)18(2,3)4/h5-9,14,16-17,19H,10-13H2,1-4H3/t14-,16?,17?/m0/s1. The molecule has 19 heavy (non-hydrogen) atoms. The smallest absolute Gasteiger partial charge is 0.0294 e. The zero-order valence-corrected chi connectivity index (χ0v) is 12.9. The summed E-state index contributed by atoms with van der Waals surface area (Å²) in [5.41, 5.74) is 1.89. The van der Waals surface area contributed by atoms with Gasteiger partial charge in [0.1, 0.15) is 0 Å². The highest BCUT2D eigenvalue weighted by molar-refractivity contribution is 5.18. The number of benzene rings is 1.